The van der Waals surface area contributed by atoms with Crippen molar-refractivity contribution in [2.45, 2.75) is 38.5 Å². The van der Waals surface area contributed by atoms with E-state index < -0.39 is 5.97 Å². The predicted octanol–water partition coefficient (Wildman–Crippen LogP) is 1.90. The van der Waals surface area contributed by atoms with Gasteiger partial charge < -0.3 is 15.0 Å². The van der Waals surface area contributed by atoms with E-state index in [-0.39, 0.29) is 17.3 Å². The second kappa shape index (κ2) is 4.92. The summed E-state index contributed by atoms with van der Waals surface area (Å²) < 4.78 is 0. The van der Waals surface area contributed by atoms with Gasteiger partial charge in [-0.05, 0) is 31.1 Å². The summed E-state index contributed by atoms with van der Waals surface area (Å²) in [6.07, 6.45) is 8.48. The van der Waals surface area contributed by atoms with Crippen LogP contribution in [0.5, 0.6) is 0 Å². The normalized spacial score (nSPS) is 21.3. The van der Waals surface area contributed by atoms with E-state index in [9.17, 15) is 9.59 Å². The van der Waals surface area contributed by atoms with Crippen molar-refractivity contribution in [1.82, 2.24) is 14.9 Å². The van der Waals surface area contributed by atoms with Crippen LogP contribution >= 0.6 is 0 Å². The molecule has 1 aromatic rings. The Kier molecular flexibility index (Phi) is 3.23. The molecule has 1 amide bonds. The Labute approximate surface area is 117 Å². The Morgan fingerprint density at radius 3 is 2.45 bits per heavy atom. The zero-order valence-corrected chi connectivity index (χ0v) is 11.4. The minimum Gasteiger partial charge on any atom is -0.477 e. The zero-order valence-electron chi connectivity index (χ0n) is 11.4. The van der Waals surface area contributed by atoms with Gasteiger partial charge in [-0.1, -0.05) is 12.8 Å². The molecule has 108 valence electrons. The quantitative estimate of drug-likeness (QED) is 0.864. The Bertz CT molecular complexity index is 522. The molecule has 0 radical (unpaired) electrons. The van der Waals surface area contributed by atoms with Gasteiger partial charge in [-0.3, -0.25) is 4.79 Å². The summed E-state index contributed by atoms with van der Waals surface area (Å²) in [5, 5.41) is 9.03. The number of nitrogens with one attached hydrogen (secondary N) is 1. The van der Waals surface area contributed by atoms with Gasteiger partial charge in [-0.2, -0.15) is 0 Å². The van der Waals surface area contributed by atoms with Gasteiger partial charge in [0.2, 0.25) is 0 Å². The smallest absolute Gasteiger partial charge is 0.354 e. The maximum atomic E-state index is 12.4. The number of carboxylic acid groups (broad SMARTS) is 1. The maximum absolute atomic E-state index is 12.4. The molecule has 1 aromatic heterocycles. The summed E-state index contributed by atoms with van der Waals surface area (Å²) in [5.74, 6) is -1.41. The van der Waals surface area contributed by atoms with Crippen LogP contribution in [0.1, 0.15) is 59.5 Å². The number of amides is 1. The number of hydrogen-bond acceptors (Lipinski definition) is 3. The predicted molar refractivity (Wildman–Crippen MR) is 71.6 cm³/mol. The lowest BCUT2D eigenvalue weighted by molar-refractivity contribution is 0.0567. The molecule has 6 nitrogen and oxygen atoms in total. The lowest BCUT2D eigenvalue weighted by atomic mass is 9.77. The van der Waals surface area contributed by atoms with E-state index in [0.29, 0.717) is 18.5 Å². The van der Waals surface area contributed by atoms with Gasteiger partial charge in [0.1, 0.15) is 0 Å². The van der Waals surface area contributed by atoms with Crippen LogP contribution in [0.3, 0.4) is 0 Å². The third-order valence-electron chi connectivity index (χ3n) is 4.83. The molecule has 1 spiro atoms. The van der Waals surface area contributed by atoms with Gasteiger partial charge in [-0.25, -0.2) is 9.78 Å². The van der Waals surface area contributed by atoms with Crippen LogP contribution in [0, 0.1) is 5.41 Å². The van der Waals surface area contributed by atoms with E-state index in [1.807, 2.05) is 0 Å². The van der Waals surface area contributed by atoms with Gasteiger partial charge in [0.15, 0.2) is 11.4 Å². The van der Waals surface area contributed by atoms with E-state index >= 15 is 0 Å². The van der Waals surface area contributed by atoms with Crippen LogP contribution < -0.4 is 0 Å². The molecule has 0 bridgehead atoms. The average molecular weight is 277 g/mol. The monoisotopic (exact) mass is 277 g/mol. The molecule has 1 saturated carbocycles. The first-order valence-electron chi connectivity index (χ1n) is 7.17. The summed E-state index contributed by atoms with van der Waals surface area (Å²) in [5.41, 5.74) is 0.355. The van der Waals surface area contributed by atoms with Crippen molar-refractivity contribution in [3.05, 3.63) is 17.7 Å². The molecule has 2 N–H and O–H groups in total. The number of aromatic nitrogens is 2. The van der Waals surface area contributed by atoms with Crippen LogP contribution in [-0.4, -0.2) is 44.9 Å². The number of carbonyl (C=O) groups is 2. The molecule has 1 aliphatic carbocycles. The summed E-state index contributed by atoms with van der Waals surface area (Å²) in [6.45, 7) is 1.43. The van der Waals surface area contributed by atoms with Crippen molar-refractivity contribution < 1.29 is 14.7 Å². The first-order chi connectivity index (χ1) is 9.61. The minimum atomic E-state index is -1.14. The largest absolute Gasteiger partial charge is 0.477 e. The highest BCUT2D eigenvalue weighted by Crippen LogP contribution is 2.46. The Balaban J connectivity index is 1.70. The van der Waals surface area contributed by atoms with Gasteiger partial charge in [0, 0.05) is 13.1 Å². The third kappa shape index (κ3) is 2.19. The number of hydrogen-bond donors (Lipinski definition) is 2. The van der Waals surface area contributed by atoms with Crippen molar-refractivity contribution in [3.8, 4) is 0 Å². The highest BCUT2D eigenvalue weighted by Gasteiger charge is 2.38. The maximum Gasteiger partial charge on any atom is 0.354 e. The highest BCUT2D eigenvalue weighted by molar-refractivity contribution is 6.02. The zero-order chi connectivity index (χ0) is 14.2. The van der Waals surface area contributed by atoms with E-state index in [4.69, 9.17) is 5.11 Å². The van der Waals surface area contributed by atoms with Crippen LogP contribution in [-0.2, 0) is 0 Å². The molecule has 2 fully saturated rings. The Morgan fingerprint density at radius 2 is 1.85 bits per heavy atom. The number of carboxylic acids is 1. The van der Waals surface area contributed by atoms with Crippen LogP contribution in [0.15, 0.2) is 6.33 Å². The molecule has 1 saturated heterocycles. The Morgan fingerprint density at radius 1 is 1.20 bits per heavy atom. The lowest BCUT2D eigenvalue weighted by Crippen LogP contribution is -2.42. The molecule has 0 unspecified atom stereocenters. The topological polar surface area (TPSA) is 86.3 Å². The minimum absolute atomic E-state index is 0.0277. The molecule has 0 atom stereocenters. The standard InChI is InChI=1S/C14H19N3O3/c18-12(10-11(13(19)20)16-9-15-10)17-7-5-14(6-8-17)3-1-2-4-14/h9H,1-8H2,(H,15,16)(H,19,20). The number of carbonyl (C=O) groups excluding carboxylic acids is 1. The molecule has 3 rings (SSSR count). The molecule has 6 heteroatoms. The van der Waals surface area contributed by atoms with Crippen molar-refractivity contribution in [2.24, 2.45) is 5.41 Å². The van der Waals surface area contributed by atoms with Crippen molar-refractivity contribution in [2.75, 3.05) is 13.1 Å². The molecule has 0 aromatic carbocycles. The summed E-state index contributed by atoms with van der Waals surface area (Å²) in [6, 6.07) is 0. The van der Waals surface area contributed by atoms with E-state index in [1.54, 1.807) is 4.90 Å². The fraction of sp³-hybridized carbons (Fsp3) is 0.643. The average Bonchev–Trinajstić information content (AvgIpc) is 3.08. The van der Waals surface area contributed by atoms with Gasteiger partial charge in [-0.15, -0.1) is 0 Å². The van der Waals surface area contributed by atoms with Crippen molar-refractivity contribution in [3.63, 3.8) is 0 Å². The molecule has 20 heavy (non-hydrogen) atoms. The highest BCUT2D eigenvalue weighted by atomic mass is 16.4. The number of rotatable bonds is 2. The fourth-order valence-electron chi connectivity index (χ4n) is 3.58. The van der Waals surface area contributed by atoms with Crippen LogP contribution in [0.2, 0.25) is 0 Å². The van der Waals surface area contributed by atoms with Gasteiger partial charge in [0.25, 0.3) is 5.91 Å². The summed E-state index contributed by atoms with van der Waals surface area (Å²) in [7, 11) is 0. The van der Waals surface area contributed by atoms with Crippen LogP contribution in [0.4, 0.5) is 0 Å². The number of likely N-dealkylation sites (tertiary alicyclic amines) is 1. The first-order valence-corrected chi connectivity index (χ1v) is 7.17. The van der Waals surface area contributed by atoms with Crippen molar-refractivity contribution >= 4 is 11.9 Å². The SMILES string of the molecule is O=C(O)c1[nH]cnc1C(=O)N1CCC2(CCCC2)CC1. The number of aromatic carboxylic acids is 1. The lowest BCUT2D eigenvalue weighted by Gasteiger charge is -2.39. The number of H-pyrrole nitrogens is 1. The van der Waals surface area contributed by atoms with Crippen molar-refractivity contribution in [1.29, 1.82) is 0 Å². The number of nitrogens with zero attached hydrogens (tertiary/aromatic N) is 2. The number of piperidine rings is 1. The first kappa shape index (κ1) is 13.1. The fourth-order valence-corrected chi connectivity index (χ4v) is 3.58. The summed E-state index contributed by atoms with van der Waals surface area (Å²) in [4.78, 5) is 31.5. The number of imidazole rings is 1. The van der Waals surface area contributed by atoms with Gasteiger partial charge >= 0.3 is 5.97 Å². The molecule has 1 aliphatic heterocycles. The molecular weight excluding hydrogens is 258 g/mol. The van der Waals surface area contributed by atoms with E-state index in [0.717, 1.165) is 12.8 Å². The number of aromatic amines is 1. The third-order valence-corrected chi connectivity index (χ3v) is 4.83. The molecular formula is C14H19N3O3. The molecule has 2 aliphatic rings. The second-order valence-corrected chi connectivity index (χ2v) is 5.93. The second-order valence-electron chi connectivity index (χ2n) is 5.93. The molecule has 2 heterocycles. The summed E-state index contributed by atoms with van der Waals surface area (Å²) >= 11 is 0. The van der Waals surface area contributed by atoms with E-state index in [2.05, 4.69) is 9.97 Å². The van der Waals surface area contributed by atoms with Crippen LogP contribution in [0.25, 0.3) is 0 Å². The Hall–Kier alpha value is -1.85. The van der Waals surface area contributed by atoms with E-state index in [1.165, 1.54) is 32.0 Å². The van der Waals surface area contributed by atoms with Gasteiger partial charge in [0.05, 0.1) is 6.33 Å².